The molecule has 0 saturated carbocycles. The van der Waals surface area contributed by atoms with E-state index in [0.29, 0.717) is 0 Å². The quantitative estimate of drug-likeness (QED) is 0.731. The largest absolute Gasteiger partial charge is 0.273 e. The molecule has 0 unspecified atom stereocenters. The molecule has 1 heterocycles. The van der Waals surface area contributed by atoms with Crippen molar-refractivity contribution < 1.29 is 0 Å². The molecule has 0 saturated heterocycles. The van der Waals surface area contributed by atoms with E-state index in [-0.39, 0.29) is 0 Å². The lowest BCUT2D eigenvalue weighted by molar-refractivity contribution is 1.02. The Morgan fingerprint density at radius 3 is 2.71 bits per heavy atom. The van der Waals surface area contributed by atoms with Crippen molar-refractivity contribution in [2.75, 3.05) is 0 Å². The van der Waals surface area contributed by atoms with E-state index in [2.05, 4.69) is 54.4 Å². The number of aryl methyl sites for hydroxylation is 1. The zero-order valence-corrected chi connectivity index (χ0v) is 10.5. The number of thioether (sulfide) groups is 1. The Hall–Kier alpha value is -1.54. The van der Waals surface area contributed by atoms with E-state index in [1.165, 1.54) is 21.6 Å². The Balaban J connectivity index is 1.95. The van der Waals surface area contributed by atoms with Crippen LogP contribution in [0.1, 0.15) is 16.7 Å². The summed E-state index contributed by atoms with van der Waals surface area (Å²) < 4.78 is 0. The Kier molecular flexibility index (Phi) is 2.73. The highest BCUT2D eigenvalue weighted by Gasteiger charge is 2.14. The molecule has 0 N–H and O–H groups in total. The molecule has 2 heteroatoms. The van der Waals surface area contributed by atoms with Gasteiger partial charge >= 0.3 is 0 Å². The van der Waals surface area contributed by atoms with Gasteiger partial charge in [0.15, 0.2) is 0 Å². The first-order chi connectivity index (χ1) is 8.33. The maximum Gasteiger partial charge on any atom is 0.103 e. The third kappa shape index (κ3) is 2.13. The summed E-state index contributed by atoms with van der Waals surface area (Å²) in [4.78, 5) is 6.00. The lowest BCUT2D eigenvalue weighted by Crippen LogP contribution is -2.03. The topological polar surface area (TPSA) is 12.4 Å². The summed E-state index contributed by atoms with van der Waals surface area (Å²) in [6.07, 6.45) is 0. The van der Waals surface area contributed by atoms with Gasteiger partial charge in [0.1, 0.15) is 5.04 Å². The molecule has 0 radical (unpaired) electrons. The maximum atomic E-state index is 4.66. The number of rotatable bonds is 1. The minimum Gasteiger partial charge on any atom is -0.273 e. The van der Waals surface area contributed by atoms with Crippen LogP contribution in [0, 0.1) is 6.92 Å². The molecule has 0 spiro atoms. The van der Waals surface area contributed by atoms with E-state index in [9.17, 15) is 0 Å². The predicted octanol–water partition coefficient (Wildman–Crippen LogP) is 4.05. The fourth-order valence-corrected chi connectivity index (χ4v) is 2.94. The number of aliphatic imine (C=N–C) groups is 1. The molecule has 0 aromatic heterocycles. The second kappa shape index (κ2) is 4.38. The van der Waals surface area contributed by atoms with Gasteiger partial charge in [0.05, 0.1) is 6.54 Å². The molecule has 2 aromatic rings. The second-order valence-electron chi connectivity index (χ2n) is 4.20. The first kappa shape index (κ1) is 10.6. The summed E-state index contributed by atoms with van der Waals surface area (Å²) in [5.41, 5.74) is 3.86. The van der Waals surface area contributed by atoms with Gasteiger partial charge in [0.25, 0.3) is 0 Å². The van der Waals surface area contributed by atoms with Crippen LogP contribution in [-0.2, 0) is 6.54 Å². The molecule has 1 aliphatic rings. The van der Waals surface area contributed by atoms with E-state index in [4.69, 9.17) is 0 Å². The zero-order chi connectivity index (χ0) is 11.7. The molecule has 0 fully saturated rings. The van der Waals surface area contributed by atoms with Crippen LogP contribution in [0.25, 0.3) is 0 Å². The third-order valence-electron chi connectivity index (χ3n) is 2.84. The van der Waals surface area contributed by atoms with E-state index >= 15 is 0 Å². The Morgan fingerprint density at radius 1 is 1.06 bits per heavy atom. The van der Waals surface area contributed by atoms with Crippen molar-refractivity contribution in [3.05, 3.63) is 65.2 Å². The normalized spacial score (nSPS) is 14.1. The number of nitrogens with zero attached hydrogens (tertiary/aromatic N) is 1. The minimum atomic E-state index is 0.800. The lowest BCUT2D eigenvalue weighted by atomic mass is 10.1. The smallest absolute Gasteiger partial charge is 0.103 e. The van der Waals surface area contributed by atoms with Gasteiger partial charge in [0, 0.05) is 10.5 Å². The molecule has 3 rings (SSSR count). The highest BCUT2D eigenvalue weighted by atomic mass is 32.2. The van der Waals surface area contributed by atoms with E-state index in [0.717, 1.165) is 11.6 Å². The van der Waals surface area contributed by atoms with E-state index in [1.807, 2.05) is 6.07 Å². The SMILES string of the molecule is Cc1ccc2c(c1)CN=C(c1ccccc1)S2. The zero-order valence-electron chi connectivity index (χ0n) is 9.68. The van der Waals surface area contributed by atoms with Crippen LogP contribution in [0.5, 0.6) is 0 Å². The highest BCUT2D eigenvalue weighted by molar-refractivity contribution is 8.14. The van der Waals surface area contributed by atoms with Crippen LogP contribution in [-0.4, -0.2) is 5.04 Å². The number of fused-ring (bicyclic) bond motifs is 1. The van der Waals surface area contributed by atoms with Crippen LogP contribution < -0.4 is 0 Å². The summed E-state index contributed by atoms with van der Waals surface area (Å²) in [6.45, 7) is 2.93. The number of hydrogen-bond acceptors (Lipinski definition) is 2. The van der Waals surface area contributed by atoms with Crippen LogP contribution >= 0.6 is 11.8 Å². The molecule has 0 atom stereocenters. The van der Waals surface area contributed by atoms with Crippen molar-refractivity contribution in [3.63, 3.8) is 0 Å². The molecule has 84 valence electrons. The molecular formula is C15H13NS. The molecule has 0 bridgehead atoms. The monoisotopic (exact) mass is 239 g/mol. The average Bonchev–Trinajstić information content (AvgIpc) is 2.39. The number of hydrogen-bond donors (Lipinski definition) is 0. The summed E-state index contributed by atoms with van der Waals surface area (Å²) in [5, 5.41) is 1.13. The minimum absolute atomic E-state index is 0.800. The average molecular weight is 239 g/mol. The van der Waals surface area contributed by atoms with Gasteiger partial charge in [-0.25, -0.2) is 0 Å². The molecule has 0 amide bonds. The van der Waals surface area contributed by atoms with Crippen molar-refractivity contribution in [2.24, 2.45) is 4.99 Å². The van der Waals surface area contributed by atoms with E-state index < -0.39 is 0 Å². The molecule has 17 heavy (non-hydrogen) atoms. The maximum absolute atomic E-state index is 4.66. The van der Waals surface area contributed by atoms with Crippen molar-refractivity contribution in [1.29, 1.82) is 0 Å². The van der Waals surface area contributed by atoms with Gasteiger partial charge in [-0.1, -0.05) is 59.8 Å². The van der Waals surface area contributed by atoms with Gasteiger partial charge in [-0.15, -0.1) is 0 Å². The third-order valence-corrected chi connectivity index (χ3v) is 4.01. The molecular weight excluding hydrogens is 226 g/mol. The highest BCUT2D eigenvalue weighted by Crippen LogP contribution is 2.32. The standard InChI is InChI=1S/C15H13NS/c1-11-7-8-14-13(9-11)10-16-15(17-14)12-5-3-2-4-6-12/h2-9H,10H2,1H3. The number of benzene rings is 2. The predicted molar refractivity (Wildman–Crippen MR) is 73.7 cm³/mol. The lowest BCUT2D eigenvalue weighted by Gasteiger charge is -2.16. The Morgan fingerprint density at radius 2 is 1.88 bits per heavy atom. The first-order valence-electron chi connectivity index (χ1n) is 5.70. The molecule has 0 aliphatic carbocycles. The first-order valence-corrected chi connectivity index (χ1v) is 6.52. The fraction of sp³-hybridized carbons (Fsp3) is 0.133. The Bertz CT molecular complexity index is 573. The van der Waals surface area contributed by atoms with Crippen molar-refractivity contribution in [1.82, 2.24) is 0 Å². The van der Waals surface area contributed by atoms with Gasteiger partial charge < -0.3 is 0 Å². The molecule has 2 aromatic carbocycles. The van der Waals surface area contributed by atoms with Crippen LogP contribution in [0.3, 0.4) is 0 Å². The summed E-state index contributed by atoms with van der Waals surface area (Å²) >= 11 is 1.77. The van der Waals surface area contributed by atoms with Crippen molar-refractivity contribution in [3.8, 4) is 0 Å². The van der Waals surface area contributed by atoms with Gasteiger partial charge in [-0.05, 0) is 18.6 Å². The molecule has 1 nitrogen and oxygen atoms in total. The summed E-state index contributed by atoms with van der Waals surface area (Å²) in [5.74, 6) is 0. The van der Waals surface area contributed by atoms with Crippen molar-refractivity contribution >= 4 is 16.8 Å². The van der Waals surface area contributed by atoms with Gasteiger partial charge in [0.2, 0.25) is 0 Å². The summed E-state index contributed by atoms with van der Waals surface area (Å²) in [7, 11) is 0. The van der Waals surface area contributed by atoms with Gasteiger partial charge in [-0.2, -0.15) is 0 Å². The second-order valence-corrected chi connectivity index (χ2v) is 5.23. The van der Waals surface area contributed by atoms with Gasteiger partial charge in [-0.3, -0.25) is 4.99 Å². The van der Waals surface area contributed by atoms with Crippen LogP contribution in [0.2, 0.25) is 0 Å². The molecule has 1 aliphatic heterocycles. The summed E-state index contributed by atoms with van der Waals surface area (Å²) in [6, 6.07) is 17.0. The van der Waals surface area contributed by atoms with Crippen LogP contribution in [0.15, 0.2) is 58.4 Å². The van der Waals surface area contributed by atoms with E-state index in [1.54, 1.807) is 11.8 Å². The Labute approximate surface area is 106 Å². The van der Waals surface area contributed by atoms with Crippen LogP contribution in [0.4, 0.5) is 0 Å². The fourth-order valence-electron chi connectivity index (χ4n) is 1.96. The van der Waals surface area contributed by atoms with Crippen molar-refractivity contribution in [2.45, 2.75) is 18.4 Å².